The average molecular weight is 717 g/mol. The molecule has 0 aromatic heterocycles. The number of halogens is 1. The Hall–Kier alpha value is -3.67. The van der Waals surface area contributed by atoms with Crippen LogP contribution in [0.5, 0.6) is 11.5 Å². The summed E-state index contributed by atoms with van der Waals surface area (Å²) < 4.78 is 28.3. The Morgan fingerprint density at radius 3 is 2.22 bits per heavy atom. The van der Waals surface area contributed by atoms with Gasteiger partial charge in [0.15, 0.2) is 12.0 Å². The smallest absolute Gasteiger partial charge is 0.349 e. The lowest BCUT2D eigenvalue weighted by Gasteiger charge is -2.29. The Balaban J connectivity index is 1.36. The number of hydrogen-bond donors (Lipinski definition) is 1. The molecule has 1 aliphatic heterocycles. The lowest BCUT2D eigenvalue weighted by Crippen LogP contribution is -2.27. The minimum Gasteiger partial charge on any atom is -0.484 e. The van der Waals surface area contributed by atoms with Gasteiger partial charge in [-0.2, -0.15) is 0 Å². The van der Waals surface area contributed by atoms with Crippen LogP contribution in [0.15, 0.2) is 48.0 Å². The van der Waals surface area contributed by atoms with Crippen molar-refractivity contribution in [2.24, 2.45) is 5.92 Å². The zero-order valence-electron chi connectivity index (χ0n) is 29.5. The van der Waals surface area contributed by atoms with Crippen LogP contribution in [0.1, 0.15) is 126 Å². The van der Waals surface area contributed by atoms with Crippen molar-refractivity contribution >= 4 is 34.9 Å². The van der Waals surface area contributed by atoms with Gasteiger partial charge in [-0.05, 0) is 44.7 Å². The molecule has 1 saturated heterocycles. The van der Waals surface area contributed by atoms with Gasteiger partial charge in [0.05, 0.1) is 42.1 Å². The van der Waals surface area contributed by atoms with Gasteiger partial charge in [0.25, 0.3) is 0 Å². The van der Waals surface area contributed by atoms with E-state index in [1.54, 1.807) is 24.3 Å². The van der Waals surface area contributed by atoms with Crippen molar-refractivity contribution in [2.75, 3.05) is 25.6 Å². The molecule has 1 fully saturated rings. The number of anilines is 1. The van der Waals surface area contributed by atoms with Crippen molar-refractivity contribution < 1.29 is 38.2 Å². The molecular weight excluding hydrogens is 664 g/mol. The molecule has 1 unspecified atom stereocenters. The van der Waals surface area contributed by atoms with E-state index < -0.39 is 23.2 Å². The number of unbranched alkanes of at least 4 members (excludes halogenated alkanes) is 10. The fourth-order valence-electron chi connectivity index (χ4n) is 5.73. The number of benzene rings is 2. The highest BCUT2D eigenvalue weighted by Gasteiger charge is 2.26. The maximum Gasteiger partial charge on any atom is 0.349 e. The summed E-state index contributed by atoms with van der Waals surface area (Å²) in [6, 6.07) is 9.22. The lowest BCUT2D eigenvalue weighted by molar-refractivity contribution is -0.386. The highest BCUT2D eigenvalue weighted by molar-refractivity contribution is 6.40. The van der Waals surface area contributed by atoms with Crippen LogP contribution in [0, 0.1) is 16.0 Å². The van der Waals surface area contributed by atoms with Crippen molar-refractivity contribution in [3.05, 3.63) is 69.3 Å². The number of nitro benzene ring substituents is 1. The van der Waals surface area contributed by atoms with E-state index in [4.69, 9.17) is 41.0 Å². The molecule has 0 amide bonds. The standard InChI is InChI=1S/C38H53ClN2O9/c1-4-5-6-13-16-27(2)49-35-24-33(40)32(23-34(35)41(44)45)37(43)50-31-20-18-30(19-21-31)38-47-25-29(26-48-38)17-14-11-9-7-8-10-12-15-22-46-36(42)28(3)39/h18-21,23-24,27,29,38H,3-17,22,25-26,40H2,1-2H3. The zero-order valence-corrected chi connectivity index (χ0v) is 30.3. The van der Waals surface area contributed by atoms with Gasteiger partial charge in [0.1, 0.15) is 10.8 Å². The van der Waals surface area contributed by atoms with E-state index in [0.717, 1.165) is 75.8 Å². The second-order valence-electron chi connectivity index (χ2n) is 12.9. The minimum atomic E-state index is -0.805. The van der Waals surface area contributed by atoms with Crippen molar-refractivity contribution in [2.45, 2.75) is 116 Å². The third-order valence-corrected chi connectivity index (χ3v) is 8.79. The fourth-order valence-corrected chi connectivity index (χ4v) is 5.78. The second kappa shape index (κ2) is 22.2. The number of rotatable bonds is 23. The predicted octanol–water partition coefficient (Wildman–Crippen LogP) is 9.60. The van der Waals surface area contributed by atoms with E-state index in [9.17, 15) is 19.7 Å². The molecule has 2 aromatic carbocycles. The molecule has 0 radical (unpaired) electrons. The molecule has 0 bridgehead atoms. The zero-order chi connectivity index (χ0) is 36.3. The van der Waals surface area contributed by atoms with Crippen LogP contribution in [0.3, 0.4) is 0 Å². The van der Waals surface area contributed by atoms with E-state index in [1.807, 2.05) is 6.92 Å². The van der Waals surface area contributed by atoms with Gasteiger partial charge in [-0.1, -0.05) is 101 Å². The van der Waals surface area contributed by atoms with Gasteiger partial charge in [-0.15, -0.1) is 0 Å². The first kappa shape index (κ1) is 40.8. The Morgan fingerprint density at radius 2 is 1.60 bits per heavy atom. The number of carbonyl (C=O) groups excluding carboxylic acids is 2. The van der Waals surface area contributed by atoms with Crippen LogP contribution < -0.4 is 15.2 Å². The number of nitro groups is 1. The fraction of sp³-hybridized carbons (Fsp3) is 0.579. The van der Waals surface area contributed by atoms with Gasteiger partial charge in [0, 0.05) is 23.6 Å². The highest BCUT2D eigenvalue weighted by Crippen LogP contribution is 2.34. The van der Waals surface area contributed by atoms with Crippen LogP contribution in [-0.2, 0) is 19.0 Å². The summed E-state index contributed by atoms with van der Waals surface area (Å²) >= 11 is 5.49. The Bertz CT molecular complexity index is 1380. The first-order chi connectivity index (χ1) is 24.1. The molecule has 2 N–H and O–H groups in total. The largest absolute Gasteiger partial charge is 0.484 e. The summed E-state index contributed by atoms with van der Waals surface area (Å²) in [4.78, 5) is 35.4. The molecule has 3 rings (SSSR count). The van der Waals surface area contributed by atoms with Crippen LogP contribution in [-0.4, -0.2) is 42.8 Å². The van der Waals surface area contributed by atoms with Crippen molar-refractivity contribution in [1.82, 2.24) is 0 Å². The molecule has 1 aliphatic rings. The van der Waals surface area contributed by atoms with Crippen molar-refractivity contribution in [3.63, 3.8) is 0 Å². The molecule has 0 aliphatic carbocycles. The van der Waals surface area contributed by atoms with E-state index in [2.05, 4.69) is 13.5 Å². The summed E-state index contributed by atoms with van der Waals surface area (Å²) in [5.41, 5.74) is 6.51. The van der Waals surface area contributed by atoms with E-state index in [0.29, 0.717) is 25.7 Å². The van der Waals surface area contributed by atoms with E-state index >= 15 is 0 Å². The molecule has 0 saturated carbocycles. The number of hydrogen-bond acceptors (Lipinski definition) is 10. The number of ether oxygens (including phenoxy) is 5. The van der Waals surface area contributed by atoms with E-state index in [-0.39, 0.29) is 39.6 Å². The second-order valence-corrected chi connectivity index (χ2v) is 13.4. The van der Waals surface area contributed by atoms with Gasteiger partial charge < -0.3 is 29.4 Å². The number of nitrogen functional groups attached to an aromatic ring is 1. The number of nitrogens with zero attached hydrogens (tertiary/aromatic N) is 1. The third-order valence-electron chi connectivity index (χ3n) is 8.63. The van der Waals surface area contributed by atoms with Crippen molar-refractivity contribution in [3.8, 4) is 11.5 Å². The Kier molecular flexibility index (Phi) is 18.1. The number of carbonyl (C=O) groups is 2. The summed E-state index contributed by atoms with van der Waals surface area (Å²) in [5, 5.41) is 11.7. The molecule has 50 heavy (non-hydrogen) atoms. The molecule has 1 atom stereocenters. The molecule has 1 heterocycles. The van der Waals surface area contributed by atoms with Crippen LogP contribution in [0.4, 0.5) is 11.4 Å². The predicted molar refractivity (Wildman–Crippen MR) is 193 cm³/mol. The lowest BCUT2D eigenvalue weighted by atomic mass is 10.0. The maximum atomic E-state index is 13.0. The Morgan fingerprint density at radius 1 is 0.980 bits per heavy atom. The summed E-state index contributed by atoms with van der Waals surface area (Å²) in [6.07, 6.45) is 14.2. The van der Waals surface area contributed by atoms with Crippen LogP contribution >= 0.6 is 11.6 Å². The molecular formula is C38H53ClN2O9. The summed E-state index contributed by atoms with van der Waals surface area (Å²) in [7, 11) is 0. The van der Waals surface area contributed by atoms with Gasteiger partial charge >= 0.3 is 17.6 Å². The van der Waals surface area contributed by atoms with Gasteiger partial charge in [-0.25, -0.2) is 9.59 Å². The number of nitrogens with two attached hydrogens (primary N) is 1. The van der Waals surface area contributed by atoms with E-state index in [1.165, 1.54) is 31.7 Å². The van der Waals surface area contributed by atoms with Crippen LogP contribution in [0.25, 0.3) is 0 Å². The average Bonchev–Trinajstić information content (AvgIpc) is 3.09. The normalized spacial score (nSPS) is 16.4. The SMILES string of the molecule is C=C(Cl)C(=O)OCCCCCCCCCCC1COC(c2ccc(OC(=O)c3cc([N+](=O)[O-])c(OC(C)CCCCCC)cc3N)cc2)OC1. The summed E-state index contributed by atoms with van der Waals surface area (Å²) in [5.74, 6) is -0.713. The first-order valence-electron chi connectivity index (χ1n) is 17.9. The molecule has 0 spiro atoms. The third kappa shape index (κ3) is 14.3. The molecule has 276 valence electrons. The molecule has 12 heteroatoms. The van der Waals surface area contributed by atoms with Gasteiger partial charge in [-0.3, -0.25) is 10.1 Å². The quantitative estimate of drug-likeness (QED) is 0.0224. The monoisotopic (exact) mass is 716 g/mol. The number of esters is 2. The van der Waals surface area contributed by atoms with Crippen molar-refractivity contribution in [1.29, 1.82) is 0 Å². The van der Waals surface area contributed by atoms with Crippen LogP contribution in [0.2, 0.25) is 0 Å². The topological polar surface area (TPSA) is 149 Å². The highest BCUT2D eigenvalue weighted by atomic mass is 35.5. The molecule has 11 nitrogen and oxygen atoms in total. The van der Waals surface area contributed by atoms with Gasteiger partial charge in [0.2, 0.25) is 0 Å². The Labute approximate surface area is 300 Å². The summed E-state index contributed by atoms with van der Waals surface area (Å²) in [6.45, 7) is 8.95. The minimum absolute atomic E-state index is 0.0311. The molecule has 2 aromatic rings. The maximum absolute atomic E-state index is 13.0. The first-order valence-corrected chi connectivity index (χ1v) is 18.3.